The highest BCUT2D eigenvalue weighted by atomic mass is 32.2. The van der Waals surface area contributed by atoms with Gasteiger partial charge in [-0.15, -0.1) is 0 Å². The van der Waals surface area contributed by atoms with E-state index in [1.807, 2.05) is 20.8 Å². The number of sulfone groups is 1. The van der Waals surface area contributed by atoms with Gasteiger partial charge in [0.1, 0.15) is 5.83 Å². The average Bonchev–Trinajstić information content (AvgIpc) is 2.39. The van der Waals surface area contributed by atoms with E-state index in [1.165, 1.54) is 13.0 Å². The third-order valence-electron chi connectivity index (χ3n) is 3.08. The predicted molar refractivity (Wildman–Crippen MR) is 66.0 cm³/mol. The van der Waals surface area contributed by atoms with E-state index < -0.39 is 15.7 Å². The normalized spacial score (nSPS) is 18.4. The van der Waals surface area contributed by atoms with E-state index in [0.717, 1.165) is 5.56 Å². The molecule has 0 unspecified atom stereocenters. The minimum atomic E-state index is -3.59. The highest BCUT2D eigenvalue weighted by molar-refractivity contribution is 7.95. The maximum atomic E-state index is 13.9. The van der Waals surface area contributed by atoms with Crippen LogP contribution in [0.3, 0.4) is 0 Å². The zero-order chi connectivity index (χ0) is 13.0. The Hall–Kier alpha value is -1.16. The van der Waals surface area contributed by atoms with Crippen LogP contribution in [0.5, 0.6) is 0 Å². The molecule has 2 rings (SSSR count). The predicted octanol–water partition coefficient (Wildman–Crippen LogP) is 3.43. The van der Waals surface area contributed by atoms with Crippen LogP contribution in [-0.2, 0) is 15.3 Å². The molecule has 1 aliphatic rings. The van der Waals surface area contributed by atoms with Crippen molar-refractivity contribution in [2.24, 2.45) is 0 Å². The van der Waals surface area contributed by atoms with Crippen LogP contribution in [0.2, 0.25) is 0 Å². The molecule has 0 aromatic heterocycles. The minimum absolute atomic E-state index is 0.0838. The molecule has 0 aliphatic carbocycles. The summed E-state index contributed by atoms with van der Waals surface area (Å²) < 4.78 is 37.6. The monoisotopic (exact) mass is 254 g/mol. The lowest BCUT2D eigenvalue weighted by molar-refractivity contribution is 0.587. The van der Waals surface area contributed by atoms with Crippen LogP contribution in [0, 0.1) is 0 Å². The number of hydrogen-bond donors (Lipinski definition) is 0. The quantitative estimate of drug-likeness (QED) is 0.710. The van der Waals surface area contributed by atoms with Crippen LogP contribution in [0.1, 0.15) is 38.8 Å². The summed E-state index contributed by atoms with van der Waals surface area (Å²) in [6.07, 6.45) is 0. The molecule has 1 heterocycles. The number of allylic oxidation sites excluding steroid dienone is 1. The Labute approximate surface area is 101 Å². The van der Waals surface area contributed by atoms with Crippen LogP contribution in [0.25, 0.3) is 5.83 Å². The second-order valence-corrected chi connectivity index (χ2v) is 7.39. The van der Waals surface area contributed by atoms with Crippen molar-refractivity contribution in [2.45, 2.75) is 38.0 Å². The molecule has 0 saturated carbocycles. The summed E-state index contributed by atoms with van der Waals surface area (Å²) in [4.78, 5) is -0.0981. The van der Waals surface area contributed by atoms with E-state index in [2.05, 4.69) is 0 Å². The Kier molecular flexibility index (Phi) is 2.47. The molecule has 1 aliphatic heterocycles. The van der Waals surface area contributed by atoms with E-state index in [1.54, 1.807) is 12.1 Å². The second kappa shape index (κ2) is 3.42. The van der Waals surface area contributed by atoms with Crippen molar-refractivity contribution in [1.29, 1.82) is 0 Å². The van der Waals surface area contributed by atoms with E-state index in [4.69, 9.17) is 0 Å². The number of halogens is 1. The number of hydrogen-bond acceptors (Lipinski definition) is 2. The molecule has 92 valence electrons. The van der Waals surface area contributed by atoms with Gasteiger partial charge in [-0.25, -0.2) is 12.8 Å². The summed E-state index contributed by atoms with van der Waals surface area (Å²) in [5.41, 5.74) is 1.00. The van der Waals surface area contributed by atoms with Gasteiger partial charge in [0.15, 0.2) is 0 Å². The molecule has 0 fully saturated rings. The van der Waals surface area contributed by atoms with E-state index in [9.17, 15) is 12.8 Å². The van der Waals surface area contributed by atoms with Gasteiger partial charge in [-0.2, -0.15) is 0 Å². The molecule has 0 N–H and O–H groups in total. The van der Waals surface area contributed by atoms with Crippen molar-refractivity contribution in [3.05, 3.63) is 34.2 Å². The summed E-state index contributed by atoms with van der Waals surface area (Å²) in [7, 11) is -3.59. The number of rotatable bonds is 0. The Morgan fingerprint density at radius 3 is 2.29 bits per heavy atom. The molecule has 0 amide bonds. The van der Waals surface area contributed by atoms with Gasteiger partial charge < -0.3 is 0 Å². The van der Waals surface area contributed by atoms with Crippen LogP contribution in [0.4, 0.5) is 4.39 Å². The second-order valence-electron chi connectivity index (χ2n) is 5.33. The molecular weight excluding hydrogens is 239 g/mol. The zero-order valence-corrected chi connectivity index (χ0v) is 11.2. The first-order valence-corrected chi connectivity index (χ1v) is 6.90. The molecule has 1 aromatic rings. The lowest BCUT2D eigenvalue weighted by Crippen LogP contribution is -2.11. The van der Waals surface area contributed by atoms with Crippen molar-refractivity contribution < 1.29 is 12.8 Å². The highest BCUT2D eigenvalue weighted by Crippen LogP contribution is 2.41. The molecule has 0 bridgehead atoms. The molecule has 0 saturated heterocycles. The van der Waals surface area contributed by atoms with Crippen molar-refractivity contribution in [3.63, 3.8) is 0 Å². The molecule has 4 heteroatoms. The molecule has 0 spiro atoms. The first kappa shape index (κ1) is 12.3. The van der Waals surface area contributed by atoms with Crippen LogP contribution < -0.4 is 0 Å². The maximum absolute atomic E-state index is 13.9. The lowest BCUT2D eigenvalue weighted by atomic mass is 9.86. The van der Waals surface area contributed by atoms with Gasteiger partial charge in [-0.3, -0.25) is 0 Å². The van der Waals surface area contributed by atoms with Crippen molar-refractivity contribution in [3.8, 4) is 0 Å². The van der Waals surface area contributed by atoms with Crippen molar-refractivity contribution in [1.82, 2.24) is 0 Å². The summed E-state index contributed by atoms with van der Waals surface area (Å²) in [5.74, 6) is -0.619. The standard InChI is InChI=1S/C13H15FO2S/c1-8-12(14)10-7-9(13(2,3)4)5-6-11(10)17(8,15)16/h5-7H,1-4H3. The first-order chi connectivity index (χ1) is 7.65. The molecule has 17 heavy (non-hydrogen) atoms. The zero-order valence-electron chi connectivity index (χ0n) is 10.3. The van der Waals surface area contributed by atoms with Crippen molar-refractivity contribution in [2.75, 3.05) is 0 Å². The van der Waals surface area contributed by atoms with Gasteiger partial charge in [0.05, 0.1) is 9.80 Å². The summed E-state index contributed by atoms with van der Waals surface area (Å²) in [6, 6.07) is 4.89. The van der Waals surface area contributed by atoms with Gasteiger partial charge in [0, 0.05) is 5.56 Å². The topological polar surface area (TPSA) is 34.1 Å². The minimum Gasteiger partial charge on any atom is -0.219 e. The first-order valence-electron chi connectivity index (χ1n) is 5.42. The molecule has 2 nitrogen and oxygen atoms in total. The van der Waals surface area contributed by atoms with Crippen LogP contribution in [0.15, 0.2) is 28.0 Å². The molecule has 1 aromatic carbocycles. The van der Waals surface area contributed by atoms with E-state index >= 15 is 0 Å². The van der Waals surface area contributed by atoms with Gasteiger partial charge in [0.25, 0.3) is 0 Å². The molecule has 0 atom stereocenters. The summed E-state index contributed by atoms with van der Waals surface area (Å²) >= 11 is 0. The molecule has 0 radical (unpaired) electrons. The van der Waals surface area contributed by atoms with Gasteiger partial charge in [0.2, 0.25) is 9.84 Å². The summed E-state index contributed by atoms with van der Waals surface area (Å²) in [6.45, 7) is 7.33. The lowest BCUT2D eigenvalue weighted by Gasteiger charge is -2.19. The molecular formula is C13H15FO2S. The Balaban J connectivity index is 2.74. The number of benzene rings is 1. The maximum Gasteiger partial charge on any atom is 0.206 e. The Morgan fingerprint density at radius 1 is 1.18 bits per heavy atom. The van der Waals surface area contributed by atoms with Crippen LogP contribution >= 0.6 is 0 Å². The number of fused-ring (bicyclic) bond motifs is 1. The van der Waals surface area contributed by atoms with E-state index in [-0.39, 0.29) is 20.8 Å². The van der Waals surface area contributed by atoms with Gasteiger partial charge in [-0.1, -0.05) is 26.8 Å². The smallest absolute Gasteiger partial charge is 0.206 e. The fraction of sp³-hybridized carbons (Fsp3) is 0.385. The Bertz CT molecular complexity index is 619. The Morgan fingerprint density at radius 2 is 1.76 bits per heavy atom. The van der Waals surface area contributed by atoms with Gasteiger partial charge in [-0.05, 0) is 30.0 Å². The largest absolute Gasteiger partial charge is 0.219 e. The average molecular weight is 254 g/mol. The third kappa shape index (κ3) is 1.71. The van der Waals surface area contributed by atoms with Gasteiger partial charge >= 0.3 is 0 Å². The van der Waals surface area contributed by atoms with Crippen LogP contribution in [-0.4, -0.2) is 8.42 Å². The van der Waals surface area contributed by atoms with Crippen molar-refractivity contribution >= 4 is 15.7 Å². The fourth-order valence-corrected chi connectivity index (χ4v) is 3.24. The SMILES string of the molecule is CC1=C(F)c2cc(C(C)(C)C)ccc2S1(=O)=O. The summed E-state index contributed by atoms with van der Waals surface area (Å²) in [5, 5.41) is 0. The fourth-order valence-electron chi connectivity index (χ4n) is 1.87. The van der Waals surface area contributed by atoms with E-state index in [0.29, 0.717) is 0 Å². The highest BCUT2D eigenvalue weighted by Gasteiger charge is 2.34. The third-order valence-corrected chi connectivity index (χ3v) is 5.00.